The van der Waals surface area contributed by atoms with Crippen molar-refractivity contribution >= 4 is 12.0 Å². The zero-order chi connectivity index (χ0) is 18.9. The number of hydrogen-bond donors (Lipinski definition) is 0. The van der Waals surface area contributed by atoms with Crippen molar-refractivity contribution in [1.29, 1.82) is 0 Å². The van der Waals surface area contributed by atoms with Gasteiger partial charge >= 0.3 is 6.09 Å². The number of carbonyl (C=O) groups is 2. The zero-order valence-corrected chi connectivity index (χ0v) is 15.4. The van der Waals surface area contributed by atoms with Crippen LogP contribution in [-0.2, 0) is 20.8 Å². The average Bonchev–Trinajstić information content (AvgIpc) is 2.53. The quantitative estimate of drug-likeness (QED) is 0.773. The predicted molar refractivity (Wildman–Crippen MR) is 93.8 cm³/mol. The van der Waals surface area contributed by atoms with Crippen molar-refractivity contribution in [3.05, 3.63) is 34.7 Å². The highest BCUT2D eigenvalue weighted by Gasteiger charge is 2.50. The standard InChI is InChI=1S/C18H25N3O5/c1-17(2,3)26-16(24)20-8-9-25-18(11-20)12-21(13-18)15(23)10-19-7-5-4-6-14(19)22/h4-7H,8-13H2,1-3H3. The SMILES string of the molecule is CC(C)(C)OC(=O)N1CCOC2(CN(C(=O)Cn3ccccc3=O)C2)C1. The van der Waals surface area contributed by atoms with Gasteiger partial charge in [0.15, 0.2) is 0 Å². The maximum atomic E-state index is 12.4. The van der Waals surface area contributed by atoms with E-state index >= 15 is 0 Å². The number of morpholine rings is 1. The van der Waals surface area contributed by atoms with Gasteiger partial charge in [0.25, 0.3) is 5.56 Å². The molecule has 2 amide bonds. The Morgan fingerprint density at radius 2 is 1.88 bits per heavy atom. The topological polar surface area (TPSA) is 81.1 Å². The first-order chi connectivity index (χ1) is 12.2. The molecule has 3 rings (SSSR count). The maximum absolute atomic E-state index is 12.4. The van der Waals surface area contributed by atoms with E-state index in [2.05, 4.69) is 0 Å². The largest absolute Gasteiger partial charge is 0.444 e. The number of aromatic nitrogens is 1. The summed E-state index contributed by atoms with van der Waals surface area (Å²) in [5.74, 6) is -0.137. The number of likely N-dealkylation sites (tertiary alicyclic amines) is 1. The Labute approximate surface area is 152 Å². The summed E-state index contributed by atoms with van der Waals surface area (Å²) < 4.78 is 12.6. The molecule has 8 nitrogen and oxygen atoms in total. The molecule has 2 fully saturated rings. The molecule has 1 aromatic heterocycles. The van der Waals surface area contributed by atoms with Gasteiger partial charge in [-0.25, -0.2) is 4.79 Å². The Balaban J connectivity index is 1.56. The number of rotatable bonds is 2. The van der Waals surface area contributed by atoms with Gasteiger partial charge in [-0.15, -0.1) is 0 Å². The second-order valence-electron chi connectivity index (χ2n) is 7.85. The van der Waals surface area contributed by atoms with Crippen LogP contribution in [0.25, 0.3) is 0 Å². The molecule has 0 aromatic carbocycles. The first kappa shape index (κ1) is 18.4. The molecular formula is C18H25N3O5. The first-order valence-corrected chi connectivity index (χ1v) is 8.73. The van der Waals surface area contributed by atoms with E-state index < -0.39 is 11.2 Å². The summed E-state index contributed by atoms with van der Waals surface area (Å²) in [7, 11) is 0. The summed E-state index contributed by atoms with van der Waals surface area (Å²) in [6.45, 7) is 7.61. The highest BCUT2D eigenvalue weighted by molar-refractivity contribution is 5.77. The van der Waals surface area contributed by atoms with Crippen molar-refractivity contribution in [3.63, 3.8) is 0 Å². The van der Waals surface area contributed by atoms with Gasteiger partial charge < -0.3 is 23.8 Å². The van der Waals surface area contributed by atoms with Crippen molar-refractivity contribution in [3.8, 4) is 0 Å². The molecule has 0 bridgehead atoms. The number of ether oxygens (including phenoxy) is 2. The van der Waals surface area contributed by atoms with E-state index in [1.807, 2.05) is 20.8 Å². The first-order valence-electron chi connectivity index (χ1n) is 8.73. The number of nitrogens with zero attached hydrogens (tertiary/aromatic N) is 3. The van der Waals surface area contributed by atoms with Crippen LogP contribution in [0.15, 0.2) is 29.2 Å². The Bertz CT molecular complexity index is 746. The lowest BCUT2D eigenvalue weighted by molar-refractivity contribution is -0.189. The summed E-state index contributed by atoms with van der Waals surface area (Å²) in [5, 5.41) is 0. The van der Waals surface area contributed by atoms with Gasteiger partial charge in [-0.1, -0.05) is 6.07 Å². The molecule has 8 heteroatoms. The summed E-state index contributed by atoms with van der Waals surface area (Å²) in [4.78, 5) is 39.7. The van der Waals surface area contributed by atoms with E-state index in [0.717, 1.165) is 0 Å². The lowest BCUT2D eigenvalue weighted by Crippen LogP contribution is -2.72. The summed E-state index contributed by atoms with van der Waals surface area (Å²) in [5.41, 5.74) is -1.29. The third-order valence-corrected chi connectivity index (χ3v) is 4.42. The van der Waals surface area contributed by atoms with Gasteiger partial charge in [0.1, 0.15) is 17.7 Å². The van der Waals surface area contributed by atoms with E-state index in [-0.39, 0.29) is 24.1 Å². The van der Waals surface area contributed by atoms with Gasteiger partial charge in [-0.2, -0.15) is 0 Å². The van der Waals surface area contributed by atoms with Crippen molar-refractivity contribution in [2.45, 2.75) is 38.5 Å². The molecule has 0 atom stereocenters. The van der Waals surface area contributed by atoms with E-state index in [0.29, 0.717) is 32.8 Å². The Morgan fingerprint density at radius 3 is 2.54 bits per heavy atom. The van der Waals surface area contributed by atoms with Crippen LogP contribution < -0.4 is 5.56 Å². The van der Waals surface area contributed by atoms with Crippen molar-refractivity contribution in [2.24, 2.45) is 0 Å². The van der Waals surface area contributed by atoms with E-state index in [9.17, 15) is 14.4 Å². The van der Waals surface area contributed by atoms with E-state index in [1.165, 1.54) is 10.6 Å². The van der Waals surface area contributed by atoms with Gasteiger partial charge in [-0.05, 0) is 26.8 Å². The third-order valence-electron chi connectivity index (χ3n) is 4.42. The minimum Gasteiger partial charge on any atom is -0.444 e. The van der Waals surface area contributed by atoms with Crippen molar-refractivity contribution < 1.29 is 19.1 Å². The van der Waals surface area contributed by atoms with Gasteiger partial charge in [0, 0.05) is 18.8 Å². The Hall–Kier alpha value is -2.35. The molecule has 26 heavy (non-hydrogen) atoms. The smallest absolute Gasteiger partial charge is 0.410 e. The molecule has 0 unspecified atom stereocenters. The van der Waals surface area contributed by atoms with E-state index in [4.69, 9.17) is 9.47 Å². The summed E-state index contributed by atoms with van der Waals surface area (Å²) >= 11 is 0. The summed E-state index contributed by atoms with van der Waals surface area (Å²) in [6.07, 6.45) is 1.23. The zero-order valence-electron chi connectivity index (χ0n) is 15.4. The maximum Gasteiger partial charge on any atom is 0.410 e. The molecule has 2 saturated heterocycles. The fourth-order valence-electron chi connectivity index (χ4n) is 3.18. The minimum atomic E-state index is -0.549. The van der Waals surface area contributed by atoms with Crippen molar-refractivity contribution in [2.75, 3.05) is 32.8 Å². The molecule has 0 saturated carbocycles. The second kappa shape index (κ2) is 6.75. The van der Waals surface area contributed by atoms with Crippen LogP contribution in [0.2, 0.25) is 0 Å². The van der Waals surface area contributed by atoms with Crippen LogP contribution in [-0.4, -0.2) is 70.4 Å². The number of hydrogen-bond acceptors (Lipinski definition) is 5. The normalized spacial score (nSPS) is 19.2. The monoisotopic (exact) mass is 363 g/mol. The van der Waals surface area contributed by atoms with Gasteiger partial charge in [0.05, 0.1) is 26.2 Å². The molecule has 3 heterocycles. The average molecular weight is 363 g/mol. The van der Waals surface area contributed by atoms with Crippen LogP contribution >= 0.6 is 0 Å². The Kier molecular flexibility index (Phi) is 4.79. The molecule has 2 aliphatic rings. The van der Waals surface area contributed by atoms with Crippen LogP contribution in [0.3, 0.4) is 0 Å². The van der Waals surface area contributed by atoms with Crippen LogP contribution in [0, 0.1) is 0 Å². The summed E-state index contributed by atoms with van der Waals surface area (Å²) in [6, 6.07) is 4.78. The molecule has 0 radical (unpaired) electrons. The van der Waals surface area contributed by atoms with Crippen molar-refractivity contribution in [1.82, 2.24) is 14.4 Å². The van der Waals surface area contributed by atoms with Crippen LogP contribution in [0.4, 0.5) is 4.79 Å². The highest BCUT2D eigenvalue weighted by Crippen LogP contribution is 2.30. The fraction of sp³-hybridized carbons (Fsp3) is 0.611. The van der Waals surface area contributed by atoms with Gasteiger partial charge in [0.2, 0.25) is 5.91 Å². The Morgan fingerprint density at radius 1 is 1.19 bits per heavy atom. The minimum absolute atomic E-state index is 0.00549. The van der Waals surface area contributed by atoms with Gasteiger partial charge in [-0.3, -0.25) is 9.59 Å². The second-order valence-corrected chi connectivity index (χ2v) is 7.85. The molecule has 1 spiro atoms. The highest BCUT2D eigenvalue weighted by atomic mass is 16.6. The third kappa shape index (κ3) is 4.07. The number of carbonyl (C=O) groups excluding carboxylic acids is 2. The fourth-order valence-corrected chi connectivity index (χ4v) is 3.18. The molecule has 142 valence electrons. The number of pyridine rings is 1. The number of amides is 2. The molecular weight excluding hydrogens is 338 g/mol. The van der Waals surface area contributed by atoms with Crippen LogP contribution in [0.5, 0.6) is 0 Å². The lowest BCUT2D eigenvalue weighted by Gasteiger charge is -2.53. The molecule has 0 aliphatic carbocycles. The lowest BCUT2D eigenvalue weighted by atomic mass is 9.91. The molecule has 0 N–H and O–H groups in total. The van der Waals surface area contributed by atoms with E-state index in [1.54, 1.807) is 28.1 Å². The predicted octanol–water partition coefficient (Wildman–Crippen LogP) is 0.697. The van der Waals surface area contributed by atoms with Crippen LogP contribution in [0.1, 0.15) is 20.8 Å². The molecule has 1 aromatic rings. The molecule has 2 aliphatic heterocycles.